The van der Waals surface area contributed by atoms with Gasteiger partial charge in [0.1, 0.15) is 24.0 Å². The number of nitrogens with zero attached hydrogens (tertiary/aromatic N) is 2. The minimum atomic E-state index is -0.343. The SMILES string of the molecule is COc1ccc(-n2nc(C)c3c2NC(=O)CC3c2cccc(OC)c2OCc2ccccc2F)cc1. The Bertz CT molecular complexity index is 1420. The van der Waals surface area contributed by atoms with Crippen molar-refractivity contribution in [2.45, 2.75) is 25.9 Å². The summed E-state index contributed by atoms with van der Waals surface area (Å²) in [6.07, 6.45) is 0.214. The average molecular weight is 488 g/mol. The van der Waals surface area contributed by atoms with Crippen molar-refractivity contribution >= 4 is 11.7 Å². The van der Waals surface area contributed by atoms with Crippen LogP contribution in [0.5, 0.6) is 17.2 Å². The molecule has 0 fully saturated rings. The molecule has 1 unspecified atom stereocenters. The van der Waals surface area contributed by atoms with Crippen molar-refractivity contribution in [1.82, 2.24) is 9.78 Å². The molecule has 1 amide bonds. The van der Waals surface area contributed by atoms with E-state index in [4.69, 9.17) is 19.3 Å². The van der Waals surface area contributed by atoms with Crippen molar-refractivity contribution in [3.63, 3.8) is 0 Å². The number of carbonyl (C=O) groups excluding carboxylic acids is 1. The maximum atomic E-state index is 14.3. The number of halogens is 1. The van der Waals surface area contributed by atoms with Crippen LogP contribution in [0.1, 0.15) is 34.7 Å². The van der Waals surface area contributed by atoms with E-state index in [0.29, 0.717) is 22.9 Å². The van der Waals surface area contributed by atoms with Crippen LogP contribution in [-0.2, 0) is 11.4 Å². The zero-order valence-electron chi connectivity index (χ0n) is 20.2. The van der Waals surface area contributed by atoms with E-state index in [1.54, 1.807) is 43.2 Å². The number of rotatable bonds is 7. The second-order valence-corrected chi connectivity index (χ2v) is 8.52. The zero-order chi connectivity index (χ0) is 25.2. The predicted molar refractivity (Wildman–Crippen MR) is 134 cm³/mol. The van der Waals surface area contributed by atoms with Gasteiger partial charge in [0.2, 0.25) is 5.91 Å². The maximum Gasteiger partial charge on any atom is 0.226 e. The molecule has 0 aliphatic carbocycles. The van der Waals surface area contributed by atoms with E-state index in [0.717, 1.165) is 28.3 Å². The van der Waals surface area contributed by atoms with Gasteiger partial charge in [0, 0.05) is 29.0 Å². The Labute approximate surface area is 208 Å². The molecule has 0 bridgehead atoms. The molecule has 0 radical (unpaired) electrons. The Hall–Kier alpha value is -4.33. The van der Waals surface area contributed by atoms with Gasteiger partial charge in [-0.1, -0.05) is 30.3 Å². The highest BCUT2D eigenvalue weighted by Gasteiger charge is 2.35. The minimum Gasteiger partial charge on any atom is -0.497 e. The first-order valence-electron chi connectivity index (χ1n) is 11.6. The largest absolute Gasteiger partial charge is 0.497 e. The van der Waals surface area contributed by atoms with Crippen LogP contribution in [0.25, 0.3) is 5.69 Å². The van der Waals surface area contributed by atoms with Gasteiger partial charge in [-0.2, -0.15) is 5.10 Å². The number of aromatic nitrogens is 2. The number of amides is 1. The first-order chi connectivity index (χ1) is 17.5. The van der Waals surface area contributed by atoms with Crippen LogP contribution in [0, 0.1) is 12.7 Å². The quantitative estimate of drug-likeness (QED) is 0.378. The van der Waals surface area contributed by atoms with E-state index in [1.807, 2.05) is 43.3 Å². The number of nitrogens with one attached hydrogen (secondary N) is 1. The lowest BCUT2D eigenvalue weighted by Crippen LogP contribution is -2.25. The van der Waals surface area contributed by atoms with Crippen molar-refractivity contribution in [3.8, 4) is 22.9 Å². The minimum absolute atomic E-state index is 0.0237. The zero-order valence-corrected chi connectivity index (χ0v) is 20.2. The lowest BCUT2D eigenvalue weighted by atomic mass is 9.85. The lowest BCUT2D eigenvalue weighted by molar-refractivity contribution is -0.116. The van der Waals surface area contributed by atoms with Gasteiger partial charge in [0.25, 0.3) is 0 Å². The van der Waals surface area contributed by atoms with Gasteiger partial charge in [-0.15, -0.1) is 0 Å². The number of para-hydroxylation sites is 1. The third-order valence-electron chi connectivity index (χ3n) is 6.35. The van der Waals surface area contributed by atoms with Crippen molar-refractivity contribution in [3.05, 3.63) is 94.9 Å². The van der Waals surface area contributed by atoms with E-state index in [-0.39, 0.29) is 30.7 Å². The Balaban J connectivity index is 1.58. The summed E-state index contributed by atoms with van der Waals surface area (Å²) in [6, 6.07) is 19.5. The molecule has 8 heteroatoms. The molecule has 0 spiro atoms. The number of aryl methyl sites for hydroxylation is 1. The van der Waals surface area contributed by atoms with E-state index in [2.05, 4.69) is 5.32 Å². The van der Waals surface area contributed by atoms with Crippen LogP contribution >= 0.6 is 0 Å². The molecule has 0 saturated heterocycles. The van der Waals surface area contributed by atoms with Crippen molar-refractivity contribution < 1.29 is 23.4 Å². The number of methoxy groups -OCH3 is 2. The molecular weight excluding hydrogens is 461 g/mol. The van der Waals surface area contributed by atoms with Crippen LogP contribution in [0.4, 0.5) is 10.2 Å². The molecule has 184 valence electrons. The second-order valence-electron chi connectivity index (χ2n) is 8.52. The molecule has 1 aliphatic heterocycles. The van der Waals surface area contributed by atoms with Gasteiger partial charge in [0.05, 0.1) is 25.6 Å². The Kier molecular flexibility index (Phi) is 6.33. The highest BCUT2D eigenvalue weighted by Crippen LogP contribution is 2.46. The number of hydrogen-bond donors (Lipinski definition) is 1. The number of anilines is 1. The molecule has 36 heavy (non-hydrogen) atoms. The van der Waals surface area contributed by atoms with Gasteiger partial charge in [-0.25, -0.2) is 9.07 Å². The fourth-order valence-corrected chi connectivity index (χ4v) is 4.61. The maximum absolute atomic E-state index is 14.3. The summed E-state index contributed by atoms with van der Waals surface area (Å²) >= 11 is 0. The third-order valence-corrected chi connectivity index (χ3v) is 6.35. The Morgan fingerprint density at radius 1 is 1.03 bits per heavy atom. The van der Waals surface area contributed by atoms with Crippen LogP contribution in [0.3, 0.4) is 0 Å². The summed E-state index contributed by atoms with van der Waals surface area (Å²) in [7, 11) is 3.17. The molecular formula is C28H26FN3O4. The highest BCUT2D eigenvalue weighted by molar-refractivity contribution is 5.95. The van der Waals surface area contributed by atoms with Crippen molar-refractivity contribution in [1.29, 1.82) is 0 Å². The van der Waals surface area contributed by atoms with Gasteiger partial charge >= 0.3 is 0 Å². The monoisotopic (exact) mass is 487 g/mol. The molecule has 4 aromatic rings. The first-order valence-corrected chi connectivity index (χ1v) is 11.6. The number of benzene rings is 3. The summed E-state index contributed by atoms with van der Waals surface area (Å²) in [6.45, 7) is 1.94. The molecule has 1 atom stereocenters. The van der Waals surface area contributed by atoms with E-state index in [1.165, 1.54) is 6.07 Å². The fraction of sp³-hybridized carbons (Fsp3) is 0.214. The van der Waals surface area contributed by atoms with Gasteiger partial charge in [0.15, 0.2) is 11.5 Å². The van der Waals surface area contributed by atoms with Crippen LogP contribution < -0.4 is 19.5 Å². The Morgan fingerprint density at radius 2 is 1.81 bits per heavy atom. The molecule has 5 rings (SSSR count). The molecule has 1 N–H and O–H groups in total. The molecule has 1 aliphatic rings. The predicted octanol–water partition coefficient (Wildman–Crippen LogP) is 5.39. The number of hydrogen-bond acceptors (Lipinski definition) is 5. The number of carbonyl (C=O) groups is 1. The molecule has 0 saturated carbocycles. The fourth-order valence-electron chi connectivity index (χ4n) is 4.61. The third kappa shape index (κ3) is 4.26. The molecule has 1 aromatic heterocycles. The smallest absolute Gasteiger partial charge is 0.226 e. The van der Waals surface area contributed by atoms with E-state index < -0.39 is 0 Å². The second kappa shape index (κ2) is 9.73. The first kappa shape index (κ1) is 23.4. The van der Waals surface area contributed by atoms with E-state index >= 15 is 0 Å². The number of ether oxygens (including phenoxy) is 3. The summed E-state index contributed by atoms with van der Waals surface area (Å²) in [5.41, 5.74) is 3.69. The lowest BCUT2D eigenvalue weighted by Gasteiger charge is -2.26. The topological polar surface area (TPSA) is 74.6 Å². The van der Waals surface area contributed by atoms with Crippen molar-refractivity contribution in [2.75, 3.05) is 19.5 Å². The molecule has 3 aromatic carbocycles. The molecule has 2 heterocycles. The van der Waals surface area contributed by atoms with Crippen LogP contribution in [0.2, 0.25) is 0 Å². The highest BCUT2D eigenvalue weighted by atomic mass is 19.1. The summed E-state index contributed by atoms with van der Waals surface area (Å²) in [5, 5.41) is 7.74. The van der Waals surface area contributed by atoms with Crippen LogP contribution in [-0.4, -0.2) is 29.9 Å². The van der Waals surface area contributed by atoms with Gasteiger partial charge in [-0.05, 0) is 43.3 Å². The summed E-state index contributed by atoms with van der Waals surface area (Å²) in [5.74, 6) is 1.52. The molecule has 7 nitrogen and oxygen atoms in total. The van der Waals surface area contributed by atoms with E-state index in [9.17, 15) is 9.18 Å². The van der Waals surface area contributed by atoms with Crippen molar-refractivity contribution in [2.24, 2.45) is 0 Å². The summed E-state index contributed by atoms with van der Waals surface area (Å²) in [4.78, 5) is 12.9. The normalized spacial score (nSPS) is 14.7. The number of fused-ring (bicyclic) bond motifs is 1. The van der Waals surface area contributed by atoms with Gasteiger partial charge < -0.3 is 19.5 Å². The average Bonchev–Trinajstić information content (AvgIpc) is 3.23. The van der Waals surface area contributed by atoms with Crippen LogP contribution in [0.15, 0.2) is 66.7 Å². The standard InChI is InChI=1S/C28H26FN3O4/c1-17-26-22(15-25(33)30-28(26)32(31-17)19-11-13-20(34-2)14-12-19)21-8-6-10-24(35-3)27(21)36-16-18-7-4-5-9-23(18)29/h4-14,22H,15-16H2,1-3H3,(H,30,33). The summed E-state index contributed by atoms with van der Waals surface area (Å²) < 4.78 is 33.0. The Morgan fingerprint density at radius 3 is 2.53 bits per heavy atom. The van der Waals surface area contributed by atoms with Gasteiger partial charge in [-0.3, -0.25) is 4.79 Å².